The van der Waals surface area contributed by atoms with E-state index in [1.807, 2.05) is 43.3 Å². The minimum Gasteiger partial charge on any atom is -0.494 e. The lowest BCUT2D eigenvalue weighted by atomic mass is 9.86. The lowest BCUT2D eigenvalue weighted by Gasteiger charge is -2.46. The van der Waals surface area contributed by atoms with E-state index < -0.39 is 5.54 Å². The maximum Gasteiger partial charge on any atom is 0.252 e. The van der Waals surface area contributed by atoms with Crippen LogP contribution in [0, 0.1) is 0 Å². The molecule has 2 amide bonds. The van der Waals surface area contributed by atoms with Crippen LogP contribution in [0.3, 0.4) is 0 Å². The summed E-state index contributed by atoms with van der Waals surface area (Å²) >= 11 is 7.66. The van der Waals surface area contributed by atoms with Crippen LogP contribution in [0.1, 0.15) is 44.6 Å². The van der Waals surface area contributed by atoms with Gasteiger partial charge in [-0.2, -0.15) is 0 Å². The number of halogens is 1. The van der Waals surface area contributed by atoms with Crippen LogP contribution in [0.4, 0.5) is 5.69 Å². The summed E-state index contributed by atoms with van der Waals surface area (Å²) in [6, 6.07) is 14.9. The number of nitrogens with one attached hydrogen (secondary N) is 1. The molecule has 7 heteroatoms. The quantitative estimate of drug-likeness (QED) is 0.630. The predicted octanol–water partition coefficient (Wildman–Crippen LogP) is 5.16. The minimum atomic E-state index is -1.14. The second-order valence-corrected chi connectivity index (χ2v) is 9.75. The fourth-order valence-corrected chi connectivity index (χ4v) is 5.89. The Hall–Kier alpha value is -2.18. The molecule has 0 spiro atoms. The van der Waals surface area contributed by atoms with Crippen LogP contribution in [0.2, 0.25) is 5.02 Å². The van der Waals surface area contributed by atoms with Gasteiger partial charge < -0.3 is 10.1 Å². The Morgan fingerprint density at radius 3 is 2.47 bits per heavy atom. The van der Waals surface area contributed by atoms with Gasteiger partial charge in [-0.05, 0) is 61.7 Å². The molecule has 170 valence electrons. The zero-order chi connectivity index (χ0) is 22.6. The van der Waals surface area contributed by atoms with Crippen molar-refractivity contribution in [1.82, 2.24) is 5.32 Å². The molecule has 2 aromatic rings. The average molecular weight is 473 g/mol. The molecule has 2 aromatic carbocycles. The van der Waals surface area contributed by atoms with Gasteiger partial charge in [0.2, 0.25) is 5.91 Å². The Kier molecular flexibility index (Phi) is 7.31. The van der Waals surface area contributed by atoms with Crippen molar-refractivity contribution in [1.29, 1.82) is 0 Å². The molecule has 32 heavy (non-hydrogen) atoms. The Bertz CT molecular complexity index is 945. The number of anilines is 1. The van der Waals surface area contributed by atoms with Gasteiger partial charge in [0.15, 0.2) is 5.54 Å². The molecule has 1 aliphatic carbocycles. The molecule has 0 radical (unpaired) electrons. The Balaban J connectivity index is 1.78. The first kappa shape index (κ1) is 23.0. The van der Waals surface area contributed by atoms with Crippen molar-refractivity contribution in [2.75, 3.05) is 23.0 Å². The van der Waals surface area contributed by atoms with Gasteiger partial charge in [-0.25, -0.2) is 0 Å². The first-order valence-electron chi connectivity index (χ1n) is 11.3. The van der Waals surface area contributed by atoms with Gasteiger partial charge >= 0.3 is 0 Å². The highest BCUT2D eigenvalue weighted by Gasteiger charge is 2.51. The molecule has 2 fully saturated rings. The number of hydrogen-bond donors (Lipinski definition) is 1. The number of amides is 2. The molecule has 5 nitrogen and oxygen atoms in total. The third kappa shape index (κ3) is 4.62. The Morgan fingerprint density at radius 1 is 1.12 bits per heavy atom. The maximum atomic E-state index is 14.0. The summed E-state index contributed by atoms with van der Waals surface area (Å²) in [6.45, 7) is 2.50. The van der Waals surface area contributed by atoms with Crippen LogP contribution in [-0.4, -0.2) is 36.0 Å². The van der Waals surface area contributed by atoms with Crippen LogP contribution in [-0.2, 0) is 15.1 Å². The first-order valence-corrected chi connectivity index (χ1v) is 12.8. The van der Waals surface area contributed by atoms with Crippen molar-refractivity contribution >= 4 is 40.9 Å². The molecule has 0 unspecified atom stereocenters. The summed E-state index contributed by atoms with van der Waals surface area (Å²) in [5, 5.41) is 3.89. The highest BCUT2D eigenvalue weighted by molar-refractivity contribution is 8.00. The molecule has 0 bridgehead atoms. The monoisotopic (exact) mass is 472 g/mol. The van der Waals surface area contributed by atoms with Crippen LogP contribution < -0.4 is 15.0 Å². The van der Waals surface area contributed by atoms with E-state index in [9.17, 15) is 9.59 Å². The molecule has 4 rings (SSSR count). The third-order valence-electron chi connectivity index (χ3n) is 6.21. The zero-order valence-corrected chi connectivity index (χ0v) is 19.9. The highest BCUT2D eigenvalue weighted by atomic mass is 35.5. The van der Waals surface area contributed by atoms with Crippen LogP contribution in [0.5, 0.6) is 5.75 Å². The SMILES string of the molecule is CCOc1ccc(N2C(=O)CSC[C@@]2(C(=O)NC2CCCCC2)c2ccc(Cl)cc2)cc1. The number of rotatable bonds is 6. The molecular weight excluding hydrogens is 444 g/mol. The van der Waals surface area contributed by atoms with Gasteiger partial charge in [0, 0.05) is 22.5 Å². The average Bonchev–Trinajstić information content (AvgIpc) is 2.81. The Labute approximate surface area is 198 Å². The summed E-state index contributed by atoms with van der Waals surface area (Å²) in [5.74, 6) is 1.34. The van der Waals surface area contributed by atoms with Crippen molar-refractivity contribution in [3.63, 3.8) is 0 Å². The van der Waals surface area contributed by atoms with E-state index in [0.29, 0.717) is 28.8 Å². The molecule has 1 aliphatic heterocycles. The van der Waals surface area contributed by atoms with E-state index >= 15 is 0 Å². The smallest absolute Gasteiger partial charge is 0.252 e. The van der Waals surface area contributed by atoms with E-state index in [-0.39, 0.29) is 17.9 Å². The molecule has 2 aliphatic rings. The number of hydrogen-bond acceptors (Lipinski definition) is 4. The van der Waals surface area contributed by atoms with Crippen molar-refractivity contribution in [3.8, 4) is 5.75 Å². The van der Waals surface area contributed by atoms with Crippen LogP contribution in [0.25, 0.3) is 0 Å². The number of nitrogens with zero attached hydrogens (tertiary/aromatic N) is 1. The summed E-state index contributed by atoms with van der Waals surface area (Å²) in [7, 11) is 0. The van der Waals surface area contributed by atoms with Gasteiger partial charge in [0.05, 0.1) is 12.4 Å². The minimum absolute atomic E-state index is 0.0841. The second-order valence-electron chi connectivity index (χ2n) is 8.32. The number of benzene rings is 2. The van der Waals surface area contributed by atoms with Crippen molar-refractivity contribution < 1.29 is 14.3 Å². The molecule has 1 heterocycles. The fraction of sp³-hybridized carbons (Fsp3) is 0.440. The number of ether oxygens (including phenoxy) is 1. The Morgan fingerprint density at radius 2 is 1.81 bits per heavy atom. The third-order valence-corrected chi connectivity index (χ3v) is 7.54. The van der Waals surface area contributed by atoms with E-state index in [4.69, 9.17) is 16.3 Å². The van der Waals surface area contributed by atoms with Gasteiger partial charge in [-0.1, -0.05) is 43.0 Å². The molecular formula is C25H29ClN2O3S. The van der Waals surface area contributed by atoms with Crippen molar-refractivity contribution in [3.05, 3.63) is 59.1 Å². The van der Waals surface area contributed by atoms with E-state index in [2.05, 4.69) is 5.32 Å². The molecule has 1 saturated carbocycles. The predicted molar refractivity (Wildman–Crippen MR) is 131 cm³/mol. The fourth-order valence-electron chi connectivity index (χ4n) is 4.64. The molecule has 1 N–H and O–H groups in total. The van der Waals surface area contributed by atoms with Gasteiger partial charge in [-0.15, -0.1) is 11.8 Å². The standard InChI is InChI=1S/C25H29ClN2O3S/c1-2-31-22-14-12-21(13-15-22)28-23(29)16-32-17-25(28,18-8-10-19(26)11-9-18)24(30)27-20-6-4-3-5-7-20/h8-15,20H,2-7,16-17H2,1H3,(H,27,30)/t25-/m0/s1. The largest absolute Gasteiger partial charge is 0.494 e. The van der Waals surface area contributed by atoms with E-state index in [0.717, 1.165) is 37.0 Å². The van der Waals surface area contributed by atoms with Crippen LogP contribution in [0.15, 0.2) is 48.5 Å². The molecule has 1 saturated heterocycles. The van der Waals surface area contributed by atoms with Crippen molar-refractivity contribution in [2.45, 2.75) is 50.6 Å². The lowest BCUT2D eigenvalue weighted by molar-refractivity contribution is -0.130. The molecule has 0 aromatic heterocycles. The lowest BCUT2D eigenvalue weighted by Crippen LogP contribution is -2.64. The van der Waals surface area contributed by atoms with E-state index in [1.54, 1.807) is 17.0 Å². The van der Waals surface area contributed by atoms with Crippen molar-refractivity contribution in [2.24, 2.45) is 0 Å². The first-order chi connectivity index (χ1) is 15.5. The number of carbonyl (C=O) groups is 2. The summed E-state index contributed by atoms with van der Waals surface area (Å²) in [5.41, 5.74) is 0.312. The normalized spacial score (nSPS) is 21.9. The maximum absolute atomic E-state index is 14.0. The van der Waals surface area contributed by atoms with Crippen LogP contribution >= 0.6 is 23.4 Å². The van der Waals surface area contributed by atoms with Gasteiger partial charge in [-0.3, -0.25) is 14.5 Å². The summed E-state index contributed by atoms with van der Waals surface area (Å²) in [6.07, 6.45) is 5.41. The second kappa shape index (κ2) is 10.2. The topological polar surface area (TPSA) is 58.6 Å². The van der Waals surface area contributed by atoms with E-state index in [1.165, 1.54) is 18.2 Å². The summed E-state index contributed by atoms with van der Waals surface area (Å²) < 4.78 is 5.57. The summed E-state index contributed by atoms with van der Waals surface area (Å²) in [4.78, 5) is 29.0. The number of carbonyl (C=O) groups excluding carboxylic acids is 2. The highest BCUT2D eigenvalue weighted by Crippen LogP contribution is 2.41. The zero-order valence-electron chi connectivity index (χ0n) is 18.3. The van der Waals surface area contributed by atoms with Gasteiger partial charge in [0.1, 0.15) is 5.75 Å². The number of thioether (sulfide) groups is 1. The van der Waals surface area contributed by atoms with Gasteiger partial charge in [0.25, 0.3) is 5.91 Å². The molecule has 1 atom stereocenters.